The SMILES string of the molecule is C=C/C=N/NC(=O)[C@H](Cc1c[nH]c2ccccc12)NC(=O)OCc1ccccc1. The van der Waals surface area contributed by atoms with Crippen LogP contribution in [0, 0.1) is 0 Å². The van der Waals surface area contributed by atoms with Crippen LogP contribution in [-0.4, -0.2) is 29.2 Å². The first-order valence-corrected chi connectivity index (χ1v) is 9.13. The Morgan fingerprint density at radius 3 is 2.69 bits per heavy atom. The number of ether oxygens (including phenoxy) is 1. The maximum atomic E-state index is 12.6. The molecule has 1 heterocycles. The highest BCUT2D eigenvalue weighted by atomic mass is 16.5. The van der Waals surface area contributed by atoms with E-state index in [1.165, 1.54) is 12.3 Å². The molecule has 3 aromatic rings. The number of para-hydroxylation sites is 1. The van der Waals surface area contributed by atoms with E-state index in [9.17, 15) is 9.59 Å². The number of aromatic amines is 1. The van der Waals surface area contributed by atoms with Gasteiger partial charge in [-0.05, 0) is 23.3 Å². The Kier molecular flexibility index (Phi) is 6.78. The average molecular weight is 390 g/mol. The lowest BCUT2D eigenvalue weighted by Crippen LogP contribution is -2.47. The lowest BCUT2D eigenvalue weighted by atomic mass is 10.0. The fourth-order valence-corrected chi connectivity index (χ4v) is 2.87. The number of hydrogen-bond donors (Lipinski definition) is 3. The van der Waals surface area contributed by atoms with Crippen LogP contribution in [0.3, 0.4) is 0 Å². The number of fused-ring (bicyclic) bond motifs is 1. The molecule has 0 radical (unpaired) electrons. The van der Waals surface area contributed by atoms with Crippen molar-refractivity contribution >= 4 is 29.1 Å². The van der Waals surface area contributed by atoms with Crippen molar-refractivity contribution in [2.24, 2.45) is 5.10 Å². The minimum atomic E-state index is -0.862. The summed E-state index contributed by atoms with van der Waals surface area (Å²) in [5.74, 6) is -0.454. The van der Waals surface area contributed by atoms with E-state index in [0.717, 1.165) is 22.0 Å². The van der Waals surface area contributed by atoms with Gasteiger partial charge < -0.3 is 15.0 Å². The highest BCUT2D eigenvalue weighted by molar-refractivity contribution is 5.88. The smallest absolute Gasteiger partial charge is 0.408 e. The maximum Gasteiger partial charge on any atom is 0.408 e. The van der Waals surface area contributed by atoms with E-state index in [1.807, 2.05) is 60.8 Å². The molecule has 0 unspecified atom stereocenters. The van der Waals surface area contributed by atoms with E-state index < -0.39 is 18.0 Å². The van der Waals surface area contributed by atoms with E-state index >= 15 is 0 Å². The molecule has 0 aliphatic heterocycles. The molecule has 0 fully saturated rings. The third-order valence-corrected chi connectivity index (χ3v) is 4.27. The van der Waals surface area contributed by atoms with Crippen LogP contribution >= 0.6 is 0 Å². The van der Waals surface area contributed by atoms with Gasteiger partial charge in [-0.3, -0.25) is 4.79 Å². The summed E-state index contributed by atoms with van der Waals surface area (Å²) in [5, 5.41) is 7.38. The summed E-state index contributed by atoms with van der Waals surface area (Å²) in [6.07, 6.45) is 4.22. The number of rotatable bonds is 8. The third-order valence-electron chi connectivity index (χ3n) is 4.27. The van der Waals surface area contributed by atoms with Crippen molar-refractivity contribution in [3.8, 4) is 0 Å². The van der Waals surface area contributed by atoms with Gasteiger partial charge >= 0.3 is 6.09 Å². The highest BCUT2D eigenvalue weighted by Crippen LogP contribution is 2.19. The van der Waals surface area contributed by atoms with Crippen LogP contribution in [0.5, 0.6) is 0 Å². The van der Waals surface area contributed by atoms with E-state index in [2.05, 4.69) is 27.4 Å². The number of allylic oxidation sites excluding steroid dienone is 1. The molecular formula is C22H22N4O3. The van der Waals surface area contributed by atoms with Gasteiger partial charge in [0.2, 0.25) is 0 Å². The molecular weight excluding hydrogens is 368 g/mol. The number of nitrogens with one attached hydrogen (secondary N) is 3. The molecule has 1 aromatic heterocycles. The number of carbonyl (C=O) groups is 2. The topological polar surface area (TPSA) is 95.6 Å². The lowest BCUT2D eigenvalue weighted by molar-refractivity contribution is -0.123. The van der Waals surface area contributed by atoms with Crippen molar-refractivity contribution in [1.82, 2.24) is 15.7 Å². The first-order chi connectivity index (χ1) is 14.2. The largest absolute Gasteiger partial charge is 0.445 e. The fourth-order valence-electron chi connectivity index (χ4n) is 2.87. The second-order valence-electron chi connectivity index (χ2n) is 6.31. The van der Waals surface area contributed by atoms with Gasteiger partial charge in [0, 0.05) is 29.7 Å². The van der Waals surface area contributed by atoms with Gasteiger partial charge in [0.05, 0.1) is 0 Å². The summed E-state index contributed by atoms with van der Waals surface area (Å²) in [6.45, 7) is 3.62. The molecule has 3 N–H and O–H groups in total. The van der Waals surface area contributed by atoms with Crippen molar-refractivity contribution in [3.63, 3.8) is 0 Å². The molecule has 0 bridgehead atoms. The number of H-pyrrole nitrogens is 1. The molecule has 0 saturated carbocycles. The summed E-state index contributed by atoms with van der Waals surface area (Å²) in [4.78, 5) is 28.0. The normalized spacial score (nSPS) is 11.9. The van der Waals surface area contributed by atoms with E-state index in [4.69, 9.17) is 4.74 Å². The Labute approximate surface area is 168 Å². The number of alkyl carbamates (subject to hydrolysis) is 1. The Hall–Kier alpha value is -3.87. The van der Waals surface area contributed by atoms with E-state index in [1.54, 1.807) is 0 Å². The van der Waals surface area contributed by atoms with Gasteiger partial charge in [0.25, 0.3) is 5.91 Å². The molecule has 7 heteroatoms. The van der Waals surface area contributed by atoms with Gasteiger partial charge in [-0.25, -0.2) is 10.2 Å². The fraction of sp³-hybridized carbons (Fsp3) is 0.136. The van der Waals surface area contributed by atoms with Gasteiger partial charge in [-0.1, -0.05) is 55.1 Å². The van der Waals surface area contributed by atoms with Gasteiger partial charge in [-0.15, -0.1) is 0 Å². The minimum Gasteiger partial charge on any atom is -0.445 e. The Balaban J connectivity index is 1.70. The minimum absolute atomic E-state index is 0.114. The molecule has 2 amide bonds. The van der Waals surface area contributed by atoms with Crippen LogP contribution < -0.4 is 10.7 Å². The molecule has 0 saturated heterocycles. The van der Waals surface area contributed by atoms with Crippen LogP contribution in [0.4, 0.5) is 4.79 Å². The van der Waals surface area contributed by atoms with Gasteiger partial charge in [0.15, 0.2) is 0 Å². The second-order valence-corrected chi connectivity index (χ2v) is 6.31. The van der Waals surface area contributed by atoms with E-state index in [0.29, 0.717) is 0 Å². The molecule has 29 heavy (non-hydrogen) atoms. The zero-order chi connectivity index (χ0) is 20.5. The monoisotopic (exact) mass is 390 g/mol. The zero-order valence-electron chi connectivity index (χ0n) is 15.8. The van der Waals surface area contributed by atoms with Crippen molar-refractivity contribution in [2.45, 2.75) is 19.1 Å². The number of benzene rings is 2. The highest BCUT2D eigenvalue weighted by Gasteiger charge is 2.23. The zero-order valence-corrected chi connectivity index (χ0v) is 15.8. The Morgan fingerprint density at radius 1 is 1.14 bits per heavy atom. The van der Waals surface area contributed by atoms with E-state index in [-0.39, 0.29) is 13.0 Å². The van der Waals surface area contributed by atoms with Crippen LogP contribution in [0.2, 0.25) is 0 Å². The maximum absolute atomic E-state index is 12.6. The third kappa shape index (κ3) is 5.55. The summed E-state index contributed by atoms with van der Waals surface area (Å²) in [7, 11) is 0. The van der Waals surface area contributed by atoms with Gasteiger partial charge in [0.1, 0.15) is 12.6 Å². The standard InChI is InChI=1S/C22H22N4O3/c1-2-12-24-26-21(27)20(13-17-14-23-19-11-7-6-10-18(17)19)25-22(28)29-15-16-8-4-3-5-9-16/h2-12,14,20,23H,1,13,15H2,(H,25,28)(H,26,27)/b24-12+/t20-/m0/s1. The lowest BCUT2D eigenvalue weighted by Gasteiger charge is -2.17. The summed E-state index contributed by atoms with van der Waals surface area (Å²) in [6, 6.07) is 16.2. The van der Waals surface area contributed by atoms with Crippen molar-refractivity contribution in [2.75, 3.05) is 0 Å². The molecule has 1 atom stereocenters. The first-order valence-electron chi connectivity index (χ1n) is 9.13. The Morgan fingerprint density at radius 2 is 1.90 bits per heavy atom. The van der Waals surface area contributed by atoms with Crippen LogP contribution in [0.1, 0.15) is 11.1 Å². The molecule has 2 aromatic carbocycles. The molecule has 0 aliphatic rings. The average Bonchev–Trinajstić information content (AvgIpc) is 3.15. The molecule has 3 rings (SSSR count). The summed E-state index contributed by atoms with van der Waals surface area (Å²) < 4.78 is 5.25. The van der Waals surface area contributed by atoms with Crippen LogP contribution in [-0.2, 0) is 22.6 Å². The second kappa shape index (κ2) is 9.89. The number of amides is 2. The number of nitrogens with zero attached hydrogens (tertiary/aromatic N) is 1. The number of carbonyl (C=O) groups excluding carboxylic acids is 2. The number of hydrogen-bond acceptors (Lipinski definition) is 4. The van der Waals surface area contributed by atoms with Gasteiger partial charge in [-0.2, -0.15) is 5.10 Å². The predicted octanol–water partition coefficient (Wildman–Crippen LogP) is 3.29. The first kappa shape index (κ1) is 19.9. The quantitative estimate of drug-likeness (QED) is 0.407. The van der Waals surface area contributed by atoms with Crippen LogP contribution in [0.15, 0.2) is 78.6 Å². The van der Waals surface area contributed by atoms with Crippen LogP contribution in [0.25, 0.3) is 10.9 Å². The molecule has 0 aliphatic carbocycles. The number of hydrazone groups is 1. The summed E-state index contributed by atoms with van der Waals surface area (Å²) >= 11 is 0. The van der Waals surface area contributed by atoms with Crippen molar-refractivity contribution in [3.05, 3.63) is 84.6 Å². The molecule has 0 spiro atoms. The predicted molar refractivity (Wildman–Crippen MR) is 112 cm³/mol. The van der Waals surface area contributed by atoms with Crippen molar-refractivity contribution in [1.29, 1.82) is 0 Å². The number of aromatic nitrogens is 1. The van der Waals surface area contributed by atoms with Crippen molar-refractivity contribution < 1.29 is 14.3 Å². The molecule has 148 valence electrons. The Bertz CT molecular complexity index is 1010. The summed E-state index contributed by atoms with van der Waals surface area (Å²) in [5.41, 5.74) is 5.12. The molecule has 7 nitrogen and oxygen atoms in total.